The lowest BCUT2D eigenvalue weighted by Gasteiger charge is -2.15. The van der Waals surface area contributed by atoms with E-state index in [-0.39, 0.29) is 12.3 Å². The number of hydrogen-bond acceptors (Lipinski definition) is 4. The van der Waals surface area contributed by atoms with Crippen LogP contribution >= 0.6 is 0 Å². The molecule has 1 atom stereocenters. The molecule has 1 heterocycles. The number of rotatable bonds is 5. The summed E-state index contributed by atoms with van der Waals surface area (Å²) in [6, 6.07) is 5.35. The van der Waals surface area contributed by atoms with Gasteiger partial charge < -0.3 is 14.5 Å². The van der Waals surface area contributed by atoms with Crippen LogP contribution in [-0.4, -0.2) is 23.5 Å². The summed E-state index contributed by atoms with van der Waals surface area (Å²) in [5, 5.41) is 2.24. The molecule has 2 aromatic rings. The van der Waals surface area contributed by atoms with E-state index in [1.807, 2.05) is 0 Å². The number of amides is 1. The van der Waals surface area contributed by atoms with Crippen LogP contribution in [0.25, 0.3) is 0 Å². The quantitative estimate of drug-likeness (QED) is 0.855. The number of carbonyl (C=O) groups excluding carboxylic acids is 1. The molecule has 5 nitrogen and oxygen atoms in total. The van der Waals surface area contributed by atoms with Gasteiger partial charge in [0.15, 0.2) is 12.1 Å². The van der Waals surface area contributed by atoms with Crippen LogP contribution in [-0.2, 0) is 6.18 Å². The van der Waals surface area contributed by atoms with E-state index in [0.29, 0.717) is 6.39 Å². The second kappa shape index (κ2) is 6.67. The minimum atomic E-state index is -4.79. The SMILES string of the molecule is CC(CNC(=O)c1ocnc1C(F)(F)F)Oc1cccc(F)c1. The summed E-state index contributed by atoms with van der Waals surface area (Å²) in [6.45, 7) is 1.46. The Balaban J connectivity index is 1.93. The summed E-state index contributed by atoms with van der Waals surface area (Å²) < 4.78 is 60.6. The van der Waals surface area contributed by atoms with Crippen molar-refractivity contribution >= 4 is 5.91 Å². The zero-order valence-corrected chi connectivity index (χ0v) is 11.9. The Kier molecular flexibility index (Phi) is 4.87. The van der Waals surface area contributed by atoms with Gasteiger partial charge in [-0.25, -0.2) is 9.37 Å². The smallest absolute Gasteiger partial charge is 0.437 e. The van der Waals surface area contributed by atoms with Crippen molar-refractivity contribution in [3.05, 3.63) is 47.9 Å². The van der Waals surface area contributed by atoms with Crippen LogP contribution in [0.3, 0.4) is 0 Å². The normalized spacial score (nSPS) is 12.7. The molecule has 9 heteroatoms. The topological polar surface area (TPSA) is 64.4 Å². The van der Waals surface area contributed by atoms with Gasteiger partial charge in [0.1, 0.15) is 17.7 Å². The van der Waals surface area contributed by atoms with Gasteiger partial charge in [-0.2, -0.15) is 13.2 Å². The molecular weight excluding hydrogens is 320 g/mol. The van der Waals surface area contributed by atoms with Crippen molar-refractivity contribution in [1.82, 2.24) is 10.3 Å². The first-order chi connectivity index (χ1) is 10.8. The average molecular weight is 332 g/mol. The van der Waals surface area contributed by atoms with Gasteiger partial charge in [0.2, 0.25) is 5.76 Å². The zero-order valence-electron chi connectivity index (χ0n) is 11.9. The summed E-state index contributed by atoms with van der Waals surface area (Å²) in [6.07, 6.45) is -4.84. The van der Waals surface area contributed by atoms with Crippen molar-refractivity contribution in [2.45, 2.75) is 19.2 Å². The first-order valence-corrected chi connectivity index (χ1v) is 6.48. The van der Waals surface area contributed by atoms with E-state index in [4.69, 9.17) is 4.74 Å². The number of ether oxygens (including phenoxy) is 1. The lowest BCUT2D eigenvalue weighted by Crippen LogP contribution is -2.34. The van der Waals surface area contributed by atoms with Crippen molar-refractivity contribution < 1.29 is 31.5 Å². The Morgan fingerprint density at radius 3 is 2.83 bits per heavy atom. The molecule has 0 spiro atoms. The Morgan fingerprint density at radius 2 is 2.17 bits per heavy atom. The van der Waals surface area contributed by atoms with Crippen LogP contribution in [0.5, 0.6) is 5.75 Å². The standard InChI is InChI=1S/C14H12F4N2O3/c1-8(23-10-4-2-3-9(15)5-10)6-19-13(21)11-12(14(16,17)18)20-7-22-11/h2-5,7-8H,6H2,1H3,(H,19,21). The summed E-state index contributed by atoms with van der Waals surface area (Å²) >= 11 is 0. The lowest BCUT2D eigenvalue weighted by molar-refractivity contribution is -0.141. The van der Waals surface area contributed by atoms with E-state index in [1.54, 1.807) is 6.92 Å². The lowest BCUT2D eigenvalue weighted by atomic mass is 10.3. The minimum Gasteiger partial charge on any atom is -0.489 e. The molecule has 0 saturated carbocycles. The highest BCUT2D eigenvalue weighted by Gasteiger charge is 2.39. The summed E-state index contributed by atoms with van der Waals surface area (Å²) in [5.74, 6) is -2.24. The predicted octanol–water partition coefficient (Wildman–Crippen LogP) is 3.03. The molecule has 0 fully saturated rings. The first-order valence-electron chi connectivity index (χ1n) is 6.48. The molecule has 0 radical (unpaired) electrons. The predicted molar refractivity (Wildman–Crippen MR) is 70.3 cm³/mol. The van der Waals surface area contributed by atoms with E-state index < -0.39 is 35.5 Å². The van der Waals surface area contributed by atoms with Crippen molar-refractivity contribution in [3.63, 3.8) is 0 Å². The number of benzene rings is 1. The van der Waals surface area contributed by atoms with Crippen molar-refractivity contribution in [2.75, 3.05) is 6.54 Å². The number of nitrogens with zero attached hydrogens (tertiary/aromatic N) is 1. The second-order valence-electron chi connectivity index (χ2n) is 4.62. The number of oxazole rings is 1. The molecule has 1 aromatic heterocycles. The van der Waals surface area contributed by atoms with Crippen LogP contribution in [0.4, 0.5) is 17.6 Å². The van der Waals surface area contributed by atoms with E-state index >= 15 is 0 Å². The van der Waals surface area contributed by atoms with E-state index in [9.17, 15) is 22.4 Å². The average Bonchev–Trinajstić information content (AvgIpc) is 2.94. The third-order valence-corrected chi connectivity index (χ3v) is 2.73. The van der Waals surface area contributed by atoms with Crippen LogP contribution in [0.15, 0.2) is 35.1 Å². The molecular formula is C14H12F4N2O3. The van der Waals surface area contributed by atoms with Gasteiger partial charge >= 0.3 is 6.18 Å². The Labute approximate surface area is 128 Å². The molecule has 0 bridgehead atoms. The molecule has 0 aliphatic heterocycles. The minimum absolute atomic E-state index is 0.104. The molecule has 2 rings (SSSR count). The molecule has 1 unspecified atom stereocenters. The van der Waals surface area contributed by atoms with Gasteiger partial charge in [0, 0.05) is 6.07 Å². The van der Waals surface area contributed by atoms with Gasteiger partial charge in [-0.3, -0.25) is 4.79 Å². The highest BCUT2D eigenvalue weighted by molar-refractivity contribution is 5.92. The molecule has 0 aliphatic rings. The summed E-state index contributed by atoms with van der Waals surface area (Å²) in [4.78, 5) is 14.7. The first kappa shape index (κ1) is 16.8. The molecule has 124 valence electrons. The number of aromatic nitrogens is 1. The van der Waals surface area contributed by atoms with E-state index in [1.165, 1.54) is 18.2 Å². The van der Waals surface area contributed by atoms with Crippen molar-refractivity contribution in [3.8, 4) is 5.75 Å². The van der Waals surface area contributed by atoms with Crippen molar-refractivity contribution in [2.24, 2.45) is 0 Å². The molecule has 1 aromatic carbocycles. The molecule has 0 saturated heterocycles. The van der Waals surface area contributed by atoms with Crippen molar-refractivity contribution in [1.29, 1.82) is 0 Å². The van der Waals surface area contributed by atoms with Crippen LogP contribution < -0.4 is 10.1 Å². The maximum atomic E-state index is 13.0. The highest BCUT2D eigenvalue weighted by atomic mass is 19.4. The number of alkyl halides is 3. The number of nitrogens with one attached hydrogen (secondary N) is 1. The van der Waals surface area contributed by atoms with Crippen LogP contribution in [0.2, 0.25) is 0 Å². The third kappa shape index (κ3) is 4.44. The number of halogens is 4. The van der Waals surface area contributed by atoms with Gasteiger partial charge in [-0.05, 0) is 19.1 Å². The molecule has 1 N–H and O–H groups in total. The maximum Gasteiger partial charge on any atom is 0.437 e. The fraction of sp³-hybridized carbons (Fsp3) is 0.286. The van der Waals surface area contributed by atoms with E-state index in [0.717, 1.165) is 6.07 Å². The largest absolute Gasteiger partial charge is 0.489 e. The fourth-order valence-electron chi connectivity index (χ4n) is 1.74. The summed E-state index contributed by atoms with van der Waals surface area (Å²) in [7, 11) is 0. The Bertz CT molecular complexity index is 685. The van der Waals surface area contributed by atoms with Gasteiger partial charge in [0.25, 0.3) is 5.91 Å². The fourth-order valence-corrected chi connectivity index (χ4v) is 1.74. The van der Waals surface area contributed by atoms with Crippen LogP contribution in [0, 0.1) is 5.82 Å². The Morgan fingerprint density at radius 1 is 1.43 bits per heavy atom. The molecule has 0 aliphatic carbocycles. The maximum absolute atomic E-state index is 13.0. The second-order valence-corrected chi connectivity index (χ2v) is 4.62. The zero-order chi connectivity index (χ0) is 17.0. The third-order valence-electron chi connectivity index (χ3n) is 2.73. The summed E-state index contributed by atoms with van der Waals surface area (Å²) in [5.41, 5.74) is -1.39. The number of hydrogen-bond donors (Lipinski definition) is 1. The Hall–Kier alpha value is -2.58. The van der Waals surface area contributed by atoms with Gasteiger partial charge in [0.05, 0.1) is 6.54 Å². The van der Waals surface area contributed by atoms with Crippen LogP contribution in [0.1, 0.15) is 23.2 Å². The van der Waals surface area contributed by atoms with E-state index in [2.05, 4.69) is 14.7 Å². The van der Waals surface area contributed by atoms with Gasteiger partial charge in [-0.1, -0.05) is 6.07 Å². The molecule has 1 amide bonds. The molecule has 23 heavy (non-hydrogen) atoms. The monoisotopic (exact) mass is 332 g/mol. The van der Waals surface area contributed by atoms with Gasteiger partial charge in [-0.15, -0.1) is 0 Å². The highest BCUT2D eigenvalue weighted by Crippen LogP contribution is 2.30. The number of carbonyl (C=O) groups is 1.